The molecule has 0 aliphatic carbocycles. The Bertz CT molecular complexity index is 1580. The zero-order valence-corrected chi connectivity index (χ0v) is 26.8. The highest BCUT2D eigenvalue weighted by molar-refractivity contribution is 5.96. The number of ether oxygens (including phenoxy) is 4. The molecule has 0 spiro atoms. The van der Waals surface area contributed by atoms with Crippen molar-refractivity contribution >= 4 is 22.4 Å². The molecule has 258 valence electrons. The Hall–Kier alpha value is -3.60. The number of likely N-dealkylation sites (N-methyl/N-ethyl adjacent to an activating group) is 1. The lowest BCUT2D eigenvalue weighted by Gasteiger charge is -2.50. The van der Waals surface area contributed by atoms with E-state index in [0.717, 1.165) is 26.1 Å². The van der Waals surface area contributed by atoms with E-state index in [1.807, 2.05) is 6.92 Å². The molecular weight excluding hydrogens is 629 g/mol. The van der Waals surface area contributed by atoms with Gasteiger partial charge in [-0.25, -0.2) is 13.8 Å². The maximum Gasteiger partial charge on any atom is 0.417 e. The number of benzene rings is 1. The second-order valence-electron chi connectivity index (χ2n) is 11.8. The van der Waals surface area contributed by atoms with Crippen LogP contribution >= 0.6 is 0 Å². The van der Waals surface area contributed by atoms with Crippen LogP contribution in [0.4, 0.5) is 33.5 Å². The summed E-state index contributed by atoms with van der Waals surface area (Å²) in [5.41, 5.74) is 0.845. The smallest absolute Gasteiger partial charge is 0.417 e. The quantitative estimate of drug-likeness (QED) is 0.135. The van der Waals surface area contributed by atoms with Crippen molar-refractivity contribution in [1.29, 1.82) is 0 Å². The van der Waals surface area contributed by atoms with Crippen molar-refractivity contribution in [3.8, 4) is 23.1 Å². The fourth-order valence-electron chi connectivity index (χ4n) is 5.72. The van der Waals surface area contributed by atoms with Gasteiger partial charge in [-0.1, -0.05) is 6.92 Å². The third-order valence-corrected chi connectivity index (χ3v) is 8.57. The molecule has 1 atom stereocenters. The summed E-state index contributed by atoms with van der Waals surface area (Å²) < 4.78 is 97.4. The minimum Gasteiger partial charge on any atom is -0.474 e. The van der Waals surface area contributed by atoms with Gasteiger partial charge in [0.1, 0.15) is 28.2 Å². The first-order valence-electron chi connectivity index (χ1n) is 15.6. The third-order valence-electron chi connectivity index (χ3n) is 8.57. The summed E-state index contributed by atoms with van der Waals surface area (Å²) in [6, 6.07) is 0.532. The minimum absolute atomic E-state index is 0.0209. The first-order valence-corrected chi connectivity index (χ1v) is 15.6. The van der Waals surface area contributed by atoms with Crippen LogP contribution in [-0.2, 0) is 15.7 Å². The van der Waals surface area contributed by atoms with Gasteiger partial charge in [-0.2, -0.15) is 23.1 Å². The van der Waals surface area contributed by atoms with Crippen molar-refractivity contribution in [2.24, 2.45) is 0 Å². The number of nitrogen functional groups attached to an aromatic ring is 1. The first kappa shape index (κ1) is 34.7. The lowest BCUT2D eigenvalue weighted by atomic mass is 9.90. The van der Waals surface area contributed by atoms with Gasteiger partial charge in [0.2, 0.25) is 5.88 Å². The fraction of sp³-hybridized carbons (Fsp3) is 0.581. The highest BCUT2D eigenvalue weighted by atomic mass is 19.4. The third kappa shape index (κ3) is 7.15. The van der Waals surface area contributed by atoms with Gasteiger partial charge in [-0.05, 0) is 38.9 Å². The Morgan fingerprint density at radius 1 is 1.09 bits per heavy atom. The van der Waals surface area contributed by atoms with Crippen LogP contribution in [0.1, 0.15) is 37.8 Å². The molecule has 16 heteroatoms. The zero-order chi connectivity index (χ0) is 33.9. The van der Waals surface area contributed by atoms with Gasteiger partial charge in [0.15, 0.2) is 5.82 Å². The number of alkyl halides is 3. The van der Waals surface area contributed by atoms with Gasteiger partial charge in [0, 0.05) is 38.2 Å². The van der Waals surface area contributed by atoms with Crippen molar-refractivity contribution < 1.29 is 40.9 Å². The number of nitrogens with two attached hydrogens (primary N) is 1. The highest BCUT2D eigenvalue weighted by Crippen LogP contribution is 2.45. The lowest BCUT2D eigenvalue weighted by Crippen LogP contribution is -2.65. The van der Waals surface area contributed by atoms with E-state index >= 15 is 4.39 Å². The number of hydrogen-bond acceptors (Lipinski definition) is 11. The number of halogens is 5. The van der Waals surface area contributed by atoms with E-state index in [0.29, 0.717) is 52.4 Å². The summed E-state index contributed by atoms with van der Waals surface area (Å²) >= 11 is 0. The van der Waals surface area contributed by atoms with E-state index in [1.54, 1.807) is 14.0 Å². The van der Waals surface area contributed by atoms with E-state index in [2.05, 4.69) is 30.5 Å². The zero-order valence-electron chi connectivity index (χ0n) is 26.8. The molecule has 0 radical (unpaired) electrons. The molecule has 2 aromatic heterocycles. The van der Waals surface area contributed by atoms with Crippen molar-refractivity contribution in [3.05, 3.63) is 28.8 Å². The summed E-state index contributed by atoms with van der Waals surface area (Å²) in [6.45, 7) is 9.29. The first-order chi connectivity index (χ1) is 22.4. The molecule has 3 aromatic rings. The molecule has 4 heterocycles. The molecule has 2 saturated heterocycles. The summed E-state index contributed by atoms with van der Waals surface area (Å²) in [4.78, 5) is 15.4. The van der Waals surface area contributed by atoms with Crippen molar-refractivity contribution in [3.63, 3.8) is 0 Å². The molecule has 47 heavy (non-hydrogen) atoms. The standard InChI is InChI=1S/C31H40F5N7O4/c1-5-17(2)47-28-21-26(24(33)25(40-28)19-14-20(37)23(32)18(3)22(19)31(34,35)36)41-29(42-27(21)39-8-7-38-4)46-11-6-30(15-45-16-30)43-9-12-44-13-10-43/h14,17,38H,5-13,15-16,37H2,1-4H3,(H,39,41,42). The molecule has 0 bridgehead atoms. The Morgan fingerprint density at radius 2 is 1.81 bits per heavy atom. The van der Waals surface area contributed by atoms with E-state index in [-0.39, 0.29) is 40.8 Å². The summed E-state index contributed by atoms with van der Waals surface area (Å²) in [6.07, 6.45) is -4.46. The number of rotatable bonds is 13. The van der Waals surface area contributed by atoms with Gasteiger partial charge in [0.05, 0.1) is 55.9 Å². The molecule has 2 aliphatic rings. The number of nitrogens with one attached hydrogen (secondary N) is 2. The second-order valence-corrected chi connectivity index (χ2v) is 11.8. The predicted octanol–water partition coefficient (Wildman–Crippen LogP) is 4.56. The largest absolute Gasteiger partial charge is 0.474 e. The van der Waals surface area contributed by atoms with Crippen LogP contribution in [0.2, 0.25) is 0 Å². The van der Waals surface area contributed by atoms with E-state index in [4.69, 9.17) is 24.7 Å². The Kier molecular flexibility index (Phi) is 10.5. The molecule has 4 N–H and O–H groups in total. The number of pyridine rings is 1. The molecule has 11 nitrogen and oxygen atoms in total. The second kappa shape index (κ2) is 14.3. The maximum atomic E-state index is 16.6. The number of fused-ring (bicyclic) bond motifs is 1. The van der Waals surface area contributed by atoms with Crippen LogP contribution in [0.25, 0.3) is 22.2 Å². The number of aromatic nitrogens is 3. The Morgan fingerprint density at radius 3 is 2.43 bits per heavy atom. The van der Waals surface area contributed by atoms with Crippen molar-refractivity contribution in [2.75, 3.05) is 77.3 Å². The van der Waals surface area contributed by atoms with E-state index in [9.17, 15) is 17.6 Å². The summed E-state index contributed by atoms with van der Waals surface area (Å²) in [7, 11) is 1.75. The van der Waals surface area contributed by atoms with Gasteiger partial charge in [0.25, 0.3) is 0 Å². The normalized spacial score (nSPS) is 17.4. The van der Waals surface area contributed by atoms with Gasteiger partial charge < -0.3 is 35.3 Å². The van der Waals surface area contributed by atoms with Gasteiger partial charge in [-0.15, -0.1) is 0 Å². The minimum atomic E-state index is -5.06. The average molecular weight is 670 g/mol. The molecule has 0 amide bonds. The molecule has 2 aliphatic heterocycles. The number of anilines is 2. The van der Waals surface area contributed by atoms with Crippen LogP contribution in [0.5, 0.6) is 11.9 Å². The summed E-state index contributed by atoms with van der Waals surface area (Å²) in [5, 5.41) is 6.13. The molecule has 1 unspecified atom stereocenters. The van der Waals surface area contributed by atoms with Gasteiger partial charge in [-0.3, -0.25) is 4.90 Å². The van der Waals surface area contributed by atoms with Crippen LogP contribution in [-0.4, -0.2) is 97.8 Å². The molecule has 0 saturated carbocycles. The van der Waals surface area contributed by atoms with Crippen LogP contribution in [0.3, 0.4) is 0 Å². The van der Waals surface area contributed by atoms with Crippen LogP contribution in [0.15, 0.2) is 6.07 Å². The Balaban J connectivity index is 1.63. The van der Waals surface area contributed by atoms with Crippen molar-refractivity contribution in [1.82, 2.24) is 25.2 Å². The topological polar surface area (TPSA) is 129 Å². The highest BCUT2D eigenvalue weighted by Gasteiger charge is 2.44. The molecular formula is C31H40F5N7O4. The van der Waals surface area contributed by atoms with Crippen LogP contribution < -0.4 is 25.8 Å². The molecule has 2 fully saturated rings. The fourth-order valence-corrected chi connectivity index (χ4v) is 5.72. The molecule has 5 rings (SSSR count). The number of hydrogen-bond donors (Lipinski definition) is 3. The van der Waals surface area contributed by atoms with Crippen LogP contribution in [0, 0.1) is 18.6 Å². The lowest BCUT2D eigenvalue weighted by molar-refractivity contribution is -0.166. The van der Waals surface area contributed by atoms with E-state index in [1.165, 1.54) is 0 Å². The van der Waals surface area contributed by atoms with E-state index < -0.39 is 52.0 Å². The number of nitrogens with zero attached hydrogens (tertiary/aromatic N) is 4. The monoisotopic (exact) mass is 669 g/mol. The van der Waals surface area contributed by atoms with Crippen molar-refractivity contribution in [2.45, 2.75) is 51.4 Å². The molecule has 1 aromatic carbocycles. The predicted molar refractivity (Wildman–Crippen MR) is 166 cm³/mol. The SMILES string of the molecule is CCC(C)Oc1nc(-c2cc(N)c(F)c(C)c2C(F)(F)F)c(F)c2nc(OCCC3(N4CCOCC4)COC3)nc(NCCNC)c12. The van der Waals surface area contributed by atoms with Gasteiger partial charge >= 0.3 is 12.2 Å². The Labute approximate surface area is 269 Å². The maximum absolute atomic E-state index is 16.6. The number of morpholine rings is 1. The average Bonchev–Trinajstić information content (AvgIpc) is 3.02. The summed E-state index contributed by atoms with van der Waals surface area (Å²) in [5.74, 6) is -2.53.